The maximum absolute atomic E-state index is 4.44. The minimum atomic E-state index is 0.692. The van der Waals surface area contributed by atoms with E-state index in [4.69, 9.17) is 0 Å². The summed E-state index contributed by atoms with van der Waals surface area (Å²) in [5.74, 6) is 0.692. The van der Waals surface area contributed by atoms with Crippen LogP contribution in [0.5, 0.6) is 0 Å². The molecule has 82 valence electrons. The van der Waals surface area contributed by atoms with Gasteiger partial charge < -0.3 is 0 Å². The number of rotatable bonds is 1. The van der Waals surface area contributed by atoms with Crippen molar-refractivity contribution in [2.45, 2.75) is 0 Å². The Labute approximate surface area is 107 Å². The van der Waals surface area contributed by atoms with Crippen molar-refractivity contribution in [3.05, 3.63) is 53.3 Å². The highest BCUT2D eigenvalue weighted by Gasteiger charge is 2.03. The van der Waals surface area contributed by atoms with E-state index in [1.54, 1.807) is 12.4 Å². The molecule has 0 bridgehead atoms. The first-order chi connectivity index (χ1) is 8.33. The molecule has 0 unspecified atom stereocenters. The van der Waals surface area contributed by atoms with Gasteiger partial charge in [0.1, 0.15) is 0 Å². The summed E-state index contributed by atoms with van der Waals surface area (Å²) in [6.07, 6.45) is 3.53. The minimum absolute atomic E-state index is 0.692. The first-order valence-corrected chi connectivity index (χ1v) is 5.96. The summed E-state index contributed by atoms with van der Waals surface area (Å²) >= 11 is 3.44. The Bertz CT molecular complexity index is 682. The zero-order valence-electron chi connectivity index (χ0n) is 8.84. The van der Waals surface area contributed by atoms with Crippen LogP contribution in [-0.2, 0) is 0 Å². The normalized spacial score (nSPS) is 10.6. The van der Waals surface area contributed by atoms with Crippen molar-refractivity contribution in [2.75, 3.05) is 0 Å². The van der Waals surface area contributed by atoms with E-state index in [1.165, 1.54) is 0 Å². The lowest BCUT2D eigenvalue weighted by atomic mass is 10.2. The van der Waals surface area contributed by atoms with Crippen LogP contribution in [0.25, 0.3) is 22.4 Å². The van der Waals surface area contributed by atoms with E-state index in [1.807, 2.05) is 36.4 Å². The largest absolute Gasteiger partial charge is 0.237 e. The van der Waals surface area contributed by atoms with Crippen LogP contribution in [-0.4, -0.2) is 15.0 Å². The van der Waals surface area contributed by atoms with Crippen LogP contribution in [0.4, 0.5) is 0 Å². The highest BCUT2D eigenvalue weighted by atomic mass is 79.9. The second-order valence-electron chi connectivity index (χ2n) is 3.62. The number of pyridine rings is 1. The van der Waals surface area contributed by atoms with Crippen LogP contribution in [0.2, 0.25) is 0 Å². The molecule has 3 nitrogen and oxygen atoms in total. The van der Waals surface area contributed by atoms with Crippen LogP contribution in [0.15, 0.2) is 53.3 Å². The summed E-state index contributed by atoms with van der Waals surface area (Å²) in [7, 11) is 0. The first-order valence-electron chi connectivity index (χ1n) is 5.17. The molecule has 0 saturated heterocycles. The number of aromatic nitrogens is 3. The fourth-order valence-electron chi connectivity index (χ4n) is 1.63. The third kappa shape index (κ3) is 2.03. The summed E-state index contributed by atoms with van der Waals surface area (Å²) in [5.41, 5.74) is 1.70. The van der Waals surface area contributed by atoms with Gasteiger partial charge in [0.25, 0.3) is 0 Å². The summed E-state index contributed by atoms with van der Waals surface area (Å²) < 4.78 is 1.01. The lowest BCUT2D eigenvalue weighted by Gasteiger charge is -2.01. The second kappa shape index (κ2) is 4.22. The van der Waals surface area contributed by atoms with E-state index in [9.17, 15) is 0 Å². The Morgan fingerprint density at radius 1 is 1.00 bits per heavy atom. The minimum Gasteiger partial charge on any atom is -0.237 e. The van der Waals surface area contributed by atoms with Gasteiger partial charge in [0, 0.05) is 27.8 Å². The van der Waals surface area contributed by atoms with Gasteiger partial charge in [-0.05, 0) is 24.3 Å². The summed E-state index contributed by atoms with van der Waals surface area (Å²) in [4.78, 5) is 13.0. The number of fused-ring (bicyclic) bond motifs is 1. The quantitative estimate of drug-likeness (QED) is 0.687. The maximum Gasteiger partial charge on any atom is 0.163 e. The lowest BCUT2D eigenvalue weighted by molar-refractivity contribution is 1.19. The van der Waals surface area contributed by atoms with E-state index >= 15 is 0 Å². The molecule has 4 heteroatoms. The van der Waals surface area contributed by atoms with Gasteiger partial charge in [0.15, 0.2) is 11.5 Å². The third-order valence-electron chi connectivity index (χ3n) is 2.44. The molecule has 2 heterocycles. The van der Waals surface area contributed by atoms with E-state index in [0.717, 1.165) is 21.1 Å². The molecule has 1 aromatic carbocycles. The molecule has 17 heavy (non-hydrogen) atoms. The Kier molecular flexibility index (Phi) is 2.57. The van der Waals surface area contributed by atoms with E-state index < -0.39 is 0 Å². The second-order valence-corrected chi connectivity index (χ2v) is 4.54. The molecule has 3 aromatic rings. The Hall–Kier alpha value is -1.81. The number of benzene rings is 1. The standard InChI is InChI=1S/C13H8BrN3/c14-11-5-1-3-9(7-11)12-16-8-10-4-2-6-15-13(10)17-12/h1-8H. The highest BCUT2D eigenvalue weighted by Crippen LogP contribution is 2.20. The summed E-state index contributed by atoms with van der Waals surface area (Å²) in [6, 6.07) is 11.7. The van der Waals surface area contributed by atoms with Gasteiger partial charge in [-0.1, -0.05) is 28.1 Å². The van der Waals surface area contributed by atoms with Crippen LogP contribution >= 0.6 is 15.9 Å². The first kappa shape index (κ1) is 10.4. The van der Waals surface area contributed by atoms with Gasteiger partial charge >= 0.3 is 0 Å². The average molecular weight is 286 g/mol. The molecule has 0 saturated carbocycles. The molecule has 0 amide bonds. The highest BCUT2D eigenvalue weighted by molar-refractivity contribution is 9.10. The number of hydrogen-bond donors (Lipinski definition) is 0. The van der Waals surface area contributed by atoms with Crippen molar-refractivity contribution in [2.24, 2.45) is 0 Å². The molecule has 0 radical (unpaired) electrons. The molecule has 0 aliphatic rings. The van der Waals surface area contributed by atoms with Gasteiger partial charge in [-0.15, -0.1) is 0 Å². The smallest absolute Gasteiger partial charge is 0.163 e. The van der Waals surface area contributed by atoms with Crippen LogP contribution < -0.4 is 0 Å². The number of halogens is 1. The Balaban J connectivity index is 2.18. The summed E-state index contributed by atoms with van der Waals surface area (Å²) in [5, 5.41) is 0.950. The third-order valence-corrected chi connectivity index (χ3v) is 2.93. The van der Waals surface area contributed by atoms with Crippen molar-refractivity contribution < 1.29 is 0 Å². The zero-order valence-corrected chi connectivity index (χ0v) is 10.4. The Morgan fingerprint density at radius 2 is 1.94 bits per heavy atom. The molecule has 0 atom stereocenters. The fourth-order valence-corrected chi connectivity index (χ4v) is 2.03. The molecular weight excluding hydrogens is 278 g/mol. The van der Waals surface area contributed by atoms with Gasteiger partial charge in [-0.3, -0.25) is 0 Å². The van der Waals surface area contributed by atoms with Gasteiger partial charge in [-0.2, -0.15) is 0 Å². The maximum atomic E-state index is 4.44. The van der Waals surface area contributed by atoms with E-state index in [-0.39, 0.29) is 0 Å². The van der Waals surface area contributed by atoms with Crippen LogP contribution in [0, 0.1) is 0 Å². The van der Waals surface area contributed by atoms with Crippen LogP contribution in [0.1, 0.15) is 0 Å². The molecular formula is C13H8BrN3. The van der Waals surface area contributed by atoms with Crippen molar-refractivity contribution in [3.63, 3.8) is 0 Å². The monoisotopic (exact) mass is 285 g/mol. The molecule has 0 aliphatic carbocycles. The SMILES string of the molecule is Brc1cccc(-c2ncc3cccnc3n2)c1. The lowest BCUT2D eigenvalue weighted by Crippen LogP contribution is -1.91. The molecule has 0 N–H and O–H groups in total. The topological polar surface area (TPSA) is 38.7 Å². The number of hydrogen-bond acceptors (Lipinski definition) is 3. The van der Waals surface area contributed by atoms with E-state index in [2.05, 4.69) is 30.9 Å². The van der Waals surface area contributed by atoms with Crippen molar-refractivity contribution in [1.82, 2.24) is 15.0 Å². The molecule has 0 fully saturated rings. The van der Waals surface area contributed by atoms with Gasteiger partial charge in [0.05, 0.1) is 0 Å². The fraction of sp³-hybridized carbons (Fsp3) is 0. The van der Waals surface area contributed by atoms with Crippen LogP contribution in [0.3, 0.4) is 0 Å². The molecule has 0 spiro atoms. The summed E-state index contributed by atoms with van der Waals surface area (Å²) in [6.45, 7) is 0. The van der Waals surface area contributed by atoms with Crippen molar-refractivity contribution in [1.29, 1.82) is 0 Å². The number of nitrogens with zero attached hydrogens (tertiary/aromatic N) is 3. The van der Waals surface area contributed by atoms with E-state index in [0.29, 0.717) is 5.82 Å². The van der Waals surface area contributed by atoms with Gasteiger partial charge in [0.2, 0.25) is 0 Å². The predicted octanol–water partition coefficient (Wildman–Crippen LogP) is 3.45. The van der Waals surface area contributed by atoms with Crippen molar-refractivity contribution >= 4 is 27.0 Å². The van der Waals surface area contributed by atoms with Gasteiger partial charge in [-0.25, -0.2) is 15.0 Å². The average Bonchev–Trinajstić information content (AvgIpc) is 2.38. The molecule has 2 aromatic heterocycles. The Morgan fingerprint density at radius 3 is 2.82 bits per heavy atom. The predicted molar refractivity (Wildman–Crippen MR) is 70.5 cm³/mol. The molecule has 0 aliphatic heterocycles. The van der Waals surface area contributed by atoms with Crippen molar-refractivity contribution in [3.8, 4) is 11.4 Å². The molecule has 3 rings (SSSR count). The zero-order chi connectivity index (χ0) is 11.7.